The number of esters is 1. The standard InChI is InChI=1S/C28H31N3O5/c1-4-31(16-24(32)29-18(2)3)25(33)17-36-28(34)26-21-11-5-6-13-23(21)30-27-19(9-7-12-22(26)27)15-20-10-8-14-35-20/h5-6,8,10-11,13-15,18H,4,7,9,12,16-17H2,1-3H3,(H,29,32)/b19-15-. The number of likely N-dealkylation sites (N-methyl/N-ethyl adjacent to an activating group) is 1. The minimum absolute atomic E-state index is 0.0259. The van der Waals surface area contributed by atoms with Crippen molar-refractivity contribution in [2.24, 2.45) is 0 Å². The van der Waals surface area contributed by atoms with Crippen LogP contribution in [0.5, 0.6) is 0 Å². The topological polar surface area (TPSA) is 102 Å². The summed E-state index contributed by atoms with van der Waals surface area (Å²) in [5.74, 6) is -0.518. The minimum Gasteiger partial charge on any atom is -0.465 e. The summed E-state index contributed by atoms with van der Waals surface area (Å²) < 4.78 is 11.0. The minimum atomic E-state index is -0.569. The second-order valence-electron chi connectivity index (χ2n) is 9.08. The molecule has 188 valence electrons. The van der Waals surface area contributed by atoms with Gasteiger partial charge in [-0.15, -0.1) is 0 Å². The highest BCUT2D eigenvalue weighted by molar-refractivity contribution is 6.07. The molecule has 0 radical (unpaired) electrons. The Balaban J connectivity index is 1.60. The second kappa shape index (κ2) is 11.2. The zero-order valence-corrected chi connectivity index (χ0v) is 20.9. The summed E-state index contributed by atoms with van der Waals surface area (Å²) in [6.45, 7) is 5.29. The maximum absolute atomic E-state index is 13.4. The van der Waals surface area contributed by atoms with Crippen molar-refractivity contribution in [3.8, 4) is 0 Å². The molecule has 0 fully saturated rings. The van der Waals surface area contributed by atoms with Crippen molar-refractivity contribution in [2.45, 2.75) is 46.1 Å². The monoisotopic (exact) mass is 489 g/mol. The van der Waals surface area contributed by atoms with E-state index in [1.54, 1.807) is 13.2 Å². The molecule has 1 aliphatic carbocycles. The van der Waals surface area contributed by atoms with Crippen molar-refractivity contribution in [2.75, 3.05) is 19.7 Å². The maximum Gasteiger partial charge on any atom is 0.339 e. The van der Waals surface area contributed by atoms with Gasteiger partial charge in [-0.1, -0.05) is 18.2 Å². The molecule has 0 bridgehead atoms. The fourth-order valence-electron chi connectivity index (χ4n) is 4.46. The molecule has 1 aromatic carbocycles. The van der Waals surface area contributed by atoms with E-state index in [1.165, 1.54) is 4.90 Å². The quantitative estimate of drug-likeness (QED) is 0.475. The van der Waals surface area contributed by atoms with Gasteiger partial charge in [0.2, 0.25) is 5.91 Å². The lowest BCUT2D eigenvalue weighted by molar-refractivity contribution is -0.138. The van der Waals surface area contributed by atoms with Crippen molar-refractivity contribution >= 4 is 40.3 Å². The van der Waals surface area contributed by atoms with Crippen LogP contribution in [0.2, 0.25) is 0 Å². The van der Waals surface area contributed by atoms with E-state index in [9.17, 15) is 14.4 Å². The number of nitrogens with one attached hydrogen (secondary N) is 1. The molecule has 0 atom stereocenters. The fraction of sp³-hybridized carbons (Fsp3) is 0.357. The SMILES string of the molecule is CCN(CC(=O)NC(C)C)C(=O)COC(=O)c1c2c(nc3ccccc13)/C(=C\c1ccco1)CCC2. The van der Waals surface area contributed by atoms with Crippen LogP contribution in [0, 0.1) is 0 Å². The Morgan fingerprint density at radius 2 is 1.97 bits per heavy atom. The first-order valence-electron chi connectivity index (χ1n) is 12.3. The lowest BCUT2D eigenvalue weighted by Crippen LogP contribution is -2.44. The molecule has 0 unspecified atom stereocenters. The number of allylic oxidation sites excluding steroid dienone is 1. The number of nitrogens with zero attached hydrogens (tertiary/aromatic N) is 2. The second-order valence-corrected chi connectivity index (χ2v) is 9.08. The Morgan fingerprint density at radius 3 is 2.69 bits per heavy atom. The highest BCUT2D eigenvalue weighted by Crippen LogP contribution is 2.36. The molecule has 0 spiro atoms. The molecule has 0 saturated carbocycles. The highest BCUT2D eigenvalue weighted by Gasteiger charge is 2.27. The molecular weight excluding hydrogens is 458 g/mol. The van der Waals surface area contributed by atoms with Gasteiger partial charge >= 0.3 is 5.97 Å². The number of ether oxygens (including phenoxy) is 1. The van der Waals surface area contributed by atoms with Crippen molar-refractivity contribution in [1.82, 2.24) is 15.2 Å². The smallest absolute Gasteiger partial charge is 0.339 e. The van der Waals surface area contributed by atoms with Crippen molar-refractivity contribution in [3.63, 3.8) is 0 Å². The number of hydrogen-bond donors (Lipinski definition) is 1. The van der Waals surface area contributed by atoms with Gasteiger partial charge in [-0.25, -0.2) is 9.78 Å². The van der Waals surface area contributed by atoms with Gasteiger partial charge in [0.25, 0.3) is 5.91 Å². The normalized spacial score (nSPS) is 14.1. The number of carbonyl (C=O) groups excluding carboxylic acids is 3. The van der Waals surface area contributed by atoms with E-state index in [2.05, 4.69) is 5.32 Å². The molecule has 1 N–H and O–H groups in total. The average Bonchev–Trinajstić information content (AvgIpc) is 3.37. The van der Waals surface area contributed by atoms with Gasteiger partial charge in [-0.05, 0) is 75.4 Å². The summed E-state index contributed by atoms with van der Waals surface area (Å²) in [5.41, 5.74) is 3.70. The number of aromatic nitrogens is 1. The Kier molecular flexibility index (Phi) is 7.83. The molecule has 0 saturated heterocycles. The molecule has 8 nitrogen and oxygen atoms in total. The van der Waals surface area contributed by atoms with E-state index >= 15 is 0 Å². The van der Waals surface area contributed by atoms with Gasteiger partial charge in [0.1, 0.15) is 5.76 Å². The third kappa shape index (κ3) is 5.64. The molecule has 2 aromatic heterocycles. The van der Waals surface area contributed by atoms with Crippen LogP contribution >= 0.6 is 0 Å². The summed E-state index contributed by atoms with van der Waals surface area (Å²) >= 11 is 0. The summed E-state index contributed by atoms with van der Waals surface area (Å²) in [6.07, 6.45) is 5.93. The van der Waals surface area contributed by atoms with Crippen LogP contribution in [-0.2, 0) is 20.7 Å². The Bertz CT molecular complexity index is 1290. The molecule has 0 aliphatic heterocycles. The summed E-state index contributed by atoms with van der Waals surface area (Å²) in [6, 6.07) is 11.1. The van der Waals surface area contributed by atoms with Crippen LogP contribution in [0.1, 0.15) is 61.0 Å². The van der Waals surface area contributed by atoms with E-state index < -0.39 is 18.5 Å². The van der Waals surface area contributed by atoms with Crippen molar-refractivity contribution in [1.29, 1.82) is 0 Å². The van der Waals surface area contributed by atoms with E-state index in [1.807, 2.05) is 56.3 Å². The number of fused-ring (bicyclic) bond motifs is 2. The summed E-state index contributed by atoms with van der Waals surface area (Å²) in [4.78, 5) is 44.5. The van der Waals surface area contributed by atoms with Crippen LogP contribution in [0.25, 0.3) is 22.6 Å². The predicted molar refractivity (Wildman–Crippen MR) is 137 cm³/mol. The molecule has 2 heterocycles. The third-order valence-corrected chi connectivity index (χ3v) is 6.08. The Labute approximate surface area is 210 Å². The van der Waals surface area contributed by atoms with E-state index in [4.69, 9.17) is 14.1 Å². The molecule has 8 heteroatoms. The predicted octanol–water partition coefficient (Wildman–Crippen LogP) is 4.23. The largest absolute Gasteiger partial charge is 0.465 e. The van der Waals surface area contributed by atoms with Crippen LogP contribution in [0.15, 0.2) is 47.1 Å². The van der Waals surface area contributed by atoms with Crippen LogP contribution < -0.4 is 5.32 Å². The average molecular weight is 490 g/mol. The highest BCUT2D eigenvalue weighted by atomic mass is 16.5. The number of amides is 2. The van der Waals surface area contributed by atoms with E-state index in [0.717, 1.165) is 35.4 Å². The van der Waals surface area contributed by atoms with Crippen LogP contribution in [0.3, 0.4) is 0 Å². The zero-order valence-electron chi connectivity index (χ0n) is 20.9. The molecule has 1 aliphatic rings. The number of hydrogen-bond acceptors (Lipinski definition) is 6. The van der Waals surface area contributed by atoms with Gasteiger partial charge < -0.3 is 19.4 Å². The Hall–Kier alpha value is -3.94. The maximum atomic E-state index is 13.4. The van der Waals surface area contributed by atoms with Gasteiger partial charge in [0.15, 0.2) is 6.61 Å². The molecule has 2 amide bonds. The van der Waals surface area contributed by atoms with Gasteiger partial charge in [-0.2, -0.15) is 0 Å². The number of para-hydroxylation sites is 1. The first-order chi connectivity index (χ1) is 17.4. The summed E-state index contributed by atoms with van der Waals surface area (Å²) in [7, 11) is 0. The Morgan fingerprint density at radius 1 is 1.17 bits per heavy atom. The first-order valence-corrected chi connectivity index (χ1v) is 12.3. The third-order valence-electron chi connectivity index (χ3n) is 6.08. The van der Waals surface area contributed by atoms with Gasteiger partial charge in [0.05, 0.1) is 29.6 Å². The summed E-state index contributed by atoms with van der Waals surface area (Å²) in [5, 5.41) is 3.46. The van der Waals surface area contributed by atoms with E-state index in [-0.39, 0.29) is 18.5 Å². The number of carbonyl (C=O) groups is 3. The van der Waals surface area contributed by atoms with Crippen molar-refractivity contribution < 1.29 is 23.5 Å². The lowest BCUT2D eigenvalue weighted by Gasteiger charge is -2.23. The van der Waals surface area contributed by atoms with E-state index in [0.29, 0.717) is 29.4 Å². The zero-order chi connectivity index (χ0) is 25.7. The van der Waals surface area contributed by atoms with Gasteiger partial charge in [-0.3, -0.25) is 9.59 Å². The number of rotatable bonds is 8. The number of furan rings is 1. The molecule has 3 aromatic rings. The fourth-order valence-corrected chi connectivity index (χ4v) is 4.46. The first kappa shape index (κ1) is 25.2. The molecule has 36 heavy (non-hydrogen) atoms. The number of benzene rings is 1. The van der Waals surface area contributed by atoms with Crippen LogP contribution in [-0.4, -0.2) is 53.4 Å². The number of pyridine rings is 1. The van der Waals surface area contributed by atoms with Gasteiger partial charge in [0, 0.05) is 18.0 Å². The van der Waals surface area contributed by atoms with Crippen molar-refractivity contribution in [3.05, 3.63) is 65.2 Å². The molecule has 4 rings (SSSR count). The van der Waals surface area contributed by atoms with Crippen LogP contribution in [0.4, 0.5) is 0 Å². The molecular formula is C28H31N3O5. The lowest BCUT2D eigenvalue weighted by atomic mass is 9.86.